The number of thiocarbonyl (C=S) groups is 1. The van der Waals surface area contributed by atoms with Crippen molar-refractivity contribution in [3.63, 3.8) is 0 Å². The second-order valence-corrected chi connectivity index (χ2v) is 3.52. The van der Waals surface area contributed by atoms with E-state index in [2.05, 4.69) is 29.7 Å². The molecule has 0 bridgehead atoms. The van der Waals surface area contributed by atoms with Crippen LogP contribution in [0.5, 0.6) is 0 Å². The molecule has 0 aromatic heterocycles. The molecule has 4 heteroatoms. The van der Waals surface area contributed by atoms with E-state index in [-0.39, 0.29) is 5.11 Å². The van der Waals surface area contributed by atoms with Crippen molar-refractivity contribution in [3.8, 4) is 0 Å². The van der Waals surface area contributed by atoms with Crippen LogP contribution in [-0.4, -0.2) is 10.8 Å². The molecule has 0 amide bonds. The van der Waals surface area contributed by atoms with Gasteiger partial charge in [-0.2, -0.15) is 5.10 Å². The fourth-order valence-corrected chi connectivity index (χ4v) is 1.66. The minimum Gasteiger partial charge on any atom is -0.375 e. The summed E-state index contributed by atoms with van der Waals surface area (Å²) in [6, 6.07) is 0. The molecule has 3 N–H and O–H groups in total. The van der Waals surface area contributed by atoms with Crippen molar-refractivity contribution >= 4 is 23.0 Å². The zero-order chi connectivity index (χ0) is 8.97. The normalized spacial score (nSPS) is 26.1. The van der Waals surface area contributed by atoms with Crippen LogP contribution in [0.3, 0.4) is 0 Å². The molecule has 0 radical (unpaired) electrons. The summed E-state index contributed by atoms with van der Waals surface area (Å²) in [5.74, 6) is 0.645. The van der Waals surface area contributed by atoms with Crippen LogP contribution < -0.4 is 11.2 Å². The Morgan fingerprint density at radius 2 is 2.58 bits per heavy atom. The quantitative estimate of drug-likeness (QED) is 0.505. The first kappa shape index (κ1) is 9.45. The summed E-state index contributed by atoms with van der Waals surface area (Å²) in [7, 11) is 0. The zero-order valence-electron chi connectivity index (χ0n) is 7.34. The van der Waals surface area contributed by atoms with E-state index >= 15 is 0 Å². The molecule has 1 saturated carbocycles. The van der Waals surface area contributed by atoms with Crippen molar-refractivity contribution in [1.29, 1.82) is 0 Å². The van der Waals surface area contributed by atoms with Gasteiger partial charge in [0.05, 0.1) is 0 Å². The van der Waals surface area contributed by atoms with Crippen molar-refractivity contribution in [2.75, 3.05) is 0 Å². The second-order valence-electron chi connectivity index (χ2n) is 3.08. The minimum absolute atomic E-state index is 0.254. The highest BCUT2D eigenvalue weighted by Gasteiger charge is 2.20. The number of hydrogen-bond acceptors (Lipinski definition) is 2. The highest BCUT2D eigenvalue weighted by atomic mass is 32.1. The van der Waals surface area contributed by atoms with Crippen molar-refractivity contribution in [2.45, 2.75) is 32.6 Å². The lowest BCUT2D eigenvalue weighted by atomic mass is 10.0. The molecule has 0 aromatic rings. The highest BCUT2D eigenvalue weighted by molar-refractivity contribution is 7.80. The minimum atomic E-state index is 0.254. The number of rotatable bonds is 2. The average molecular weight is 185 g/mol. The SMILES string of the molecule is CCC1CCC/C1=N\NC(N)=S. The van der Waals surface area contributed by atoms with Gasteiger partial charge in [0.2, 0.25) is 0 Å². The molecule has 1 fully saturated rings. The first-order valence-corrected chi connectivity index (χ1v) is 4.76. The van der Waals surface area contributed by atoms with Gasteiger partial charge in [0.15, 0.2) is 5.11 Å². The van der Waals surface area contributed by atoms with Gasteiger partial charge in [0.1, 0.15) is 0 Å². The summed E-state index contributed by atoms with van der Waals surface area (Å²) >= 11 is 4.66. The van der Waals surface area contributed by atoms with Crippen molar-refractivity contribution in [2.24, 2.45) is 16.8 Å². The van der Waals surface area contributed by atoms with Crippen LogP contribution in [0.15, 0.2) is 5.10 Å². The van der Waals surface area contributed by atoms with Gasteiger partial charge in [-0.25, -0.2) is 0 Å². The molecule has 1 aliphatic carbocycles. The molecule has 0 aliphatic heterocycles. The van der Waals surface area contributed by atoms with Gasteiger partial charge < -0.3 is 5.73 Å². The third-order valence-corrected chi connectivity index (χ3v) is 2.35. The molecule has 12 heavy (non-hydrogen) atoms. The van der Waals surface area contributed by atoms with Crippen LogP contribution in [0.25, 0.3) is 0 Å². The molecule has 0 heterocycles. The van der Waals surface area contributed by atoms with E-state index in [1.807, 2.05) is 0 Å². The summed E-state index contributed by atoms with van der Waals surface area (Å²) in [5, 5.41) is 4.43. The van der Waals surface area contributed by atoms with Gasteiger partial charge in [-0.3, -0.25) is 5.43 Å². The Hall–Kier alpha value is -0.640. The fourth-order valence-electron chi connectivity index (χ4n) is 1.61. The summed E-state index contributed by atoms with van der Waals surface area (Å²) in [6.45, 7) is 2.19. The average Bonchev–Trinajstić information content (AvgIpc) is 2.47. The Kier molecular flexibility index (Phi) is 3.47. The molecule has 0 spiro atoms. The lowest BCUT2D eigenvalue weighted by Crippen LogP contribution is -2.26. The number of nitrogens with two attached hydrogens (primary N) is 1. The number of hydrazone groups is 1. The predicted molar refractivity (Wildman–Crippen MR) is 55.0 cm³/mol. The Balaban J connectivity index is 2.48. The number of hydrogen-bond donors (Lipinski definition) is 2. The number of nitrogens with zero attached hydrogens (tertiary/aromatic N) is 1. The van der Waals surface area contributed by atoms with Crippen LogP contribution in [0.2, 0.25) is 0 Å². The van der Waals surface area contributed by atoms with Gasteiger partial charge in [-0.05, 0) is 43.8 Å². The van der Waals surface area contributed by atoms with Crippen molar-refractivity contribution in [3.05, 3.63) is 0 Å². The molecule has 1 aliphatic rings. The highest BCUT2D eigenvalue weighted by Crippen LogP contribution is 2.24. The molecule has 1 unspecified atom stereocenters. The maximum absolute atomic E-state index is 5.27. The van der Waals surface area contributed by atoms with Crippen LogP contribution in [0.1, 0.15) is 32.6 Å². The molecule has 1 rings (SSSR count). The van der Waals surface area contributed by atoms with Gasteiger partial charge >= 0.3 is 0 Å². The van der Waals surface area contributed by atoms with Crippen LogP contribution in [-0.2, 0) is 0 Å². The molecule has 1 atom stereocenters. The molecule has 3 nitrogen and oxygen atoms in total. The molecule has 0 saturated heterocycles. The largest absolute Gasteiger partial charge is 0.375 e. The van der Waals surface area contributed by atoms with Crippen LogP contribution in [0.4, 0.5) is 0 Å². The summed E-state index contributed by atoms with van der Waals surface area (Å²) in [4.78, 5) is 0. The monoisotopic (exact) mass is 185 g/mol. The topological polar surface area (TPSA) is 50.4 Å². The van der Waals surface area contributed by atoms with Gasteiger partial charge in [-0.15, -0.1) is 0 Å². The third-order valence-electron chi connectivity index (χ3n) is 2.26. The molecular formula is C8H15N3S. The first-order chi connectivity index (χ1) is 5.74. The lowest BCUT2D eigenvalue weighted by molar-refractivity contribution is 0.641. The lowest BCUT2D eigenvalue weighted by Gasteiger charge is -2.06. The molecule has 0 aromatic carbocycles. The summed E-state index contributed by atoms with van der Waals surface area (Å²) in [6.07, 6.45) is 4.76. The first-order valence-electron chi connectivity index (χ1n) is 4.36. The molecule has 68 valence electrons. The Bertz CT molecular complexity index is 200. The third kappa shape index (κ3) is 2.44. The molecular weight excluding hydrogens is 170 g/mol. The van der Waals surface area contributed by atoms with Gasteiger partial charge in [0, 0.05) is 5.71 Å². The standard InChI is InChI=1S/C8H15N3S/c1-2-6-4-3-5-7(6)10-11-8(9)12/h6H,2-5H2,1H3,(H3,9,11,12)/b10-7+. The van der Waals surface area contributed by atoms with E-state index in [1.54, 1.807) is 0 Å². The zero-order valence-corrected chi connectivity index (χ0v) is 8.16. The predicted octanol–water partition coefficient (Wildman–Crippen LogP) is 1.39. The second kappa shape index (κ2) is 4.40. The maximum Gasteiger partial charge on any atom is 0.184 e. The van der Waals surface area contributed by atoms with E-state index in [0.717, 1.165) is 12.8 Å². The van der Waals surface area contributed by atoms with E-state index < -0.39 is 0 Å². The van der Waals surface area contributed by atoms with Crippen LogP contribution >= 0.6 is 12.2 Å². The Labute approximate surface area is 78.4 Å². The van der Waals surface area contributed by atoms with Crippen molar-refractivity contribution < 1.29 is 0 Å². The van der Waals surface area contributed by atoms with Gasteiger partial charge in [-0.1, -0.05) is 6.92 Å². The maximum atomic E-state index is 5.27. The van der Waals surface area contributed by atoms with E-state index in [4.69, 9.17) is 5.73 Å². The van der Waals surface area contributed by atoms with Gasteiger partial charge in [0.25, 0.3) is 0 Å². The van der Waals surface area contributed by atoms with Crippen molar-refractivity contribution in [1.82, 2.24) is 5.43 Å². The Morgan fingerprint density at radius 3 is 3.17 bits per heavy atom. The number of nitrogens with one attached hydrogen (secondary N) is 1. The summed E-state index contributed by atoms with van der Waals surface area (Å²) < 4.78 is 0. The van der Waals surface area contributed by atoms with E-state index in [9.17, 15) is 0 Å². The fraction of sp³-hybridized carbons (Fsp3) is 0.750. The van der Waals surface area contributed by atoms with E-state index in [1.165, 1.54) is 18.6 Å². The summed E-state index contributed by atoms with van der Waals surface area (Å²) in [5.41, 5.74) is 9.15. The van der Waals surface area contributed by atoms with E-state index in [0.29, 0.717) is 5.92 Å². The van der Waals surface area contributed by atoms with Crippen LogP contribution in [0, 0.1) is 5.92 Å². The Morgan fingerprint density at radius 1 is 1.83 bits per heavy atom. The smallest absolute Gasteiger partial charge is 0.184 e.